The maximum Gasteiger partial charge on any atom is 0.128 e. The lowest BCUT2D eigenvalue weighted by atomic mass is 9.97. The quantitative estimate of drug-likeness (QED) is 0.811. The van der Waals surface area contributed by atoms with E-state index < -0.39 is 0 Å². The summed E-state index contributed by atoms with van der Waals surface area (Å²) in [7, 11) is 0. The Balaban J connectivity index is 2.06. The zero-order valence-electron chi connectivity index (χ0n) is 13.6. The average Bonchev–Trinajstić information content (AvgIpc) is 2.52. The molecular weight excluding hydrogens is 359 g/mol. The number of piperidine rings is 1. The first-order chi connectivity index (χ1) is 11.0. The number of aliphatic hydroxyl groups excluding tert-OH is 1. The number of aryl methyl sites for hydroxylation is 1. The molecule has 1 saturated heterocycles. The van der Waals surface area contributed by atoms with E-state index in [1.54, 1.807) is 6.92 Å². The second kappa shape index (κ2) is 6.83. The standard InChI is InChI=1S/C18H22BrFN2O/c1-11-3-5-22(6-4-11)9-14-13-7-12(2)16(20)8-17(13)21-18(19)15(14)10-23/h7-8,11,23H,3-6,9-10H2,1-2H3. The minimum Gasteiger partial charge on any atom is -0.392 e. The van der Waals surface area contributed by atoms with E-state index in [-0.39, 0.29) is 12.4 Å². The normalized spacial score (nSPS) is 17.1. The summed E-state index contributed by atoms with van der Waals surface area (Å²) in [5, 5.41) is 10.7. The summed E-state index contributed by atoms with van der Waals surface area (Å²) < 4.78 is 14.5. The number of aromatic nitrogens is 1. The van der Waals surface area contributed by atoms with Gasteiger partial charge >= 0.3 is 0 Å². The Morgan fingerprint density at radius 2 is 2.00 bits per heavy atom. The first-order valence-electron chi connectivity index (χ1n) is 8.10. The van der Waals surface area contributed by atoms with Crippen molar-refractivity contribution in [3.63, 3.8) is 0 Å². The van der Waals surface area contributed by atoms with Gasteiger partial charge in [0, 0.05) is 23.6 Å². The van der Waals surface area contributed by atoms with E-state index in [0.717, 1.165) is 42.1 Å². The molecular formula is C18H22BrFN2O. The molecule has 0 atom stereocenters. The van der Waals surface area contributed by atoms with Crippen LogP contribution >= 0.6 is 15.9 Å². The van der Waals surface area contributed by atoms with Gasteiger partial charge < -0.3 is 5.11 Å². The van der Waals surface area contributed by atoms with Crippen molar-refractivity contribution in [2.45, 2.75) is 39.8 Å². The molecule has 0 bridgehead atoms. The number of halogens is 2. The highest BCUT2D eigenvalue weighted by atomic mass is 79.9. The number of rotatable bonds is 3. The van der Waals surface area contributed by atoms with Gasteiger partial charge in [0.2, 0.25) is 0 Å². The number of likely N-dealkylation sites (tertiary alicyclic amines) is 1. The van der Waals surface area contributed by atoms with Crippen molar-refractivity contribution in [3.05, 3.63) is 39.2 Å². The van der Waals surface area contributed by atoms with Gasteiger partial charge in [0.25, 0.3) is 0 Å². The lowest BCUT2D eigenvalue weighted by Gasteiger charge is -2.31. The third kappa shape index (κ3) is 3.42. The molecule has 0 amide bonds. The van der Waals surface area contributed by atoms with Crippen molar-refractivity contribution in [1.82, 2.24) is 9.88 Å². The summed E-state index contributed by atoms with van der Waals surface area (Å²) >= 11 is 3.43. The number of benzene rings is 1. The average molecular weight is 381 g/mol. The van der Waals surface area contributed by atoms with Crippen LogP contribution in [0.15, 0.2) is 16.7 Å². The monoisotopic (exact) mass is 380 g/mol. The van der Waals surface area contributed by atoms with E-state index in [4.69, 9.17) is 0 Å². The Morgan fingerprint density at radius 3 is 2.65 bits per heavy atom. The van der Waals surface area contributed by atoms with Crippen LogP contribution in [0.2, 0.25) is 0 Å². The lowest BCUT2D eigenvalue weighted by Crippen LogP contribution is -2.32. The molecule has 1 aromatic carbocycles. The van der Waals surface area contributed by atoms with Gasteiger partial charge in [-0.3, -0.25) is 4.90 Å². The van der Waals surface area contributed by atoms with Crippen LogP contribution < -0.4 is 0 Å². The van der Waals surface area contributed by atoms with E-state index >= 15 is 0 Å². The number of nitrogens with zero attached hydrogens (tertiary/aromatic N) is 2. The van der Waals surface area contributed by atoms with Crippen LogP contribution in [0.4, 0.5) is 4.39 Å². The maximum atomic E-state index is 13.9. The van der Waals surface area contributed by atoms with Crippen LogP contribution in [0, 0.1) is 18.7 Å². The molecule has 1 aromatic heterocycles. The molecule has 0 spiro atoms. The predicted molar refractivity (Wildman–Crippen MR) is 93.7 cm³/mol. The topological polar surface area (TPSA) is 36.4 Å². The second-order valence-electron chi connectivity index (χ2n) is 6.60. The molecule has 124 valence electrons. The van der Waals surface area contributed by atoms with Crippen molar-refractivity contribution in [2.24, 2.45) is 5.92 Å². The van der Waals surface area contributed by atoms with E-state index in [1.807, 2.05) is 6.07 Å². The number of fused-ring (bicyclic) bond motifs is 1. The van der Waals surface area contributed by atoms with Crippen LogP contribution in [-0.2, 0) is 13.2 Å². The molecule has 2 aromatic rings. The number of pyridine rings is 1. The molecule has 1 fully saturated rings. The van der Waals surface area contributed by atoms with Crippen LogP contribution in [0.5, 0.6) is 0 Å². The lowest BCUT2D eigenvalue weighted by molar-refractivity contribution is 0.184. The Morgan fingerprint density at radius 1 is 1.30 bits per heavy atom. The maximum absolute atomic E-state index is 13.9. The Hall–Kier alpha value is -1.04. The smallest absolute Gasteiger partial charge is 0.128 e. The van der Waals surface area contributed by atoms with Crippen LogP contribution in [-0.4, -0.2) is 28.1 Å². The number of hydrogen-bond acceptors (Lipinski definition) is 3. The molecule has 1 N–H and O–H groups in total. The van der Waals surface area contributed by atoms with E-state index in [1.165, 1.54) is 18.9 Å². The summed E-state index contributed by atoms with van der Waals surface area (Å²) in [6.45, 7) is 6.88. The summed E-state index contributed by atoms with van der Waals surface area (Å²) in [6, 6.07) is 3.34. The van der Waals surface area contributed by atoms with Crippen LogP contribution in [0.3, 0.4) is 0 Å². The molecule has 3 nitrogen and oxygen atoms in total. The molecule has 0 aliphatic carbocycles. The highest BCUT2D eigenvalue weighted by Gasteiger charge is 2.20. The van der Waals surface area contributed by atoms with E-state index in [2.05, 4.69) is 32.7 Å². The fourth-order valence-corrected chi connectivity index (χ4v) is 3.81. The molecule has 1 aliphatic heterocycles. The van der Waals surface area contributed by atoms with Gasteiger partial charge in [-0.25, -0.2) is 9.37 Å². The second-order valence-corrected chi connectivity index (χ2v) is 7.35. The van der Waals surface area contributed by atoms with Crippen LogP contribution in [0.25, 0.3) is 10.9 Å². The highest BCUT2D eigenvalue weighted by molar-refractivity contribution is 9.10. The van der Waals surface area contributed by atoms with Crippen molar-refractivity contribution in [3.8, 4) is 0 Å². The summed E-state index contributed by atoms with van der Waals surface area (Å²) in [4.78, 5) is 6.83. The van der Waals surface area contributed by atoms with Gasteiger partial charge in [-0.15, -0.1) is 0 Å². The minimum atomic E-state index is -0.244. The molecule has 1 aliphatic rings. The largest absolute Gasteiger partial charge is 0.392 e. The van der Waals surface area contributed by atoms with Gasteiger partial charge in [-0.05, 0) is 71.9 Å². The third-order valence-corrected chi connectivity index (χ3v) is 5.51. The summed E-state index contributed by atoms with van der Waals surface area (Å²) in [5.74, 6) is 0.534. The Bertz CT molecular complexity index is 727. The number of aliphatic hydroxyl groups is 1. The van der Waals surface area contributed by atoms with Gasteiger partial charge in [0.05, 0.1) is 12.1 Å². The van der Waals surface area contributed by atoms with Gasteiger partial charge in [0.1, 0.15) is 10.4 Å². The fraction of sp³-hybridized carbons (Fsp3) is 0.500. The first kappa shape index (κ1) is 16.8. The first-order valence-corrected chi connectivity index (χ1v) is 8.89. The van der Waals surface area contributed by atoms with E-state index in [0.29, 0.717) is 15.7 Å². The van der Waals surface area contributed by atoms with E-state index in [9.17, 15) is 9.50 Å². The van der Waals surface area contributed by atoms with Crippen molar-refractivity contribution in [2.75, 3.05) is 13.1 Å². The molecule has 5 heteroatoms. The van der Waals surface area contributed by atoms with Gasteiger partial charge in [-0.2, -0.15) is 0 Å². The highest BCUT2D eigenvalue weighted by Crippen LogP contribution is 2.31. The predicted octanol–water partition coefficient (Wildman–Crippen LogP) is 4.17. The molecule has 0 saturated carbocycles. The van der Waals surface area contributed by atoms with Crippen molar-refractivity contribution in [1.29, 1.82) is 0 Å². The van der Waals surface area contributed by atoms with Crippen molar-refractivity contribution < 1.29 is 9.50 Å². The molecule has 3 rings (SSSR count). The third-order valence-electron chi connectivity index (χ3n) is 4.85. The van der Waals surface area contributed by atoms with Crippen molar-refractivity contribution >= 4 is 26.8 Å². The van der Waals surface area contributed by atoms with Crippen LogP contribution in [0.1, 0.15) is 36.5 Å². The number of hydrogen-bond donors (Lipinski definition) is 1. The van der Waals surface area contributed by atoms with Gasteiger partial charge in [0.15, 0.2) is 0 Å². The zero-order chi connectivity index (χ0) is 16.6. The summed E-state index contributed by atoms with van der Waals surface area (Å²) in [6.07, 6.45) is 2.40. The SMILES string of the molecule is Cc1cc2c(CN3CCC(C)CC3)c(CO)c(Br)nc2cc1F. The molecule has 0 radical (unpaired) electrons. The van der Waals surface area contributed by atoms with Gasteiger partial charge in [-0.1, -0.05) is 6.92 Å². The Kier molecular flexibility index (Phi) is 4.99. The summed E-state index contributed by atoms with van der Waals surface area (Å²) in [5.41, 5.74) is 3.11. The molecule has 2 heterocycles. The fourth-order valence-electron chi connectivity index (χ4n) is 3.25. The Labute approximate surface area is 144 Å². The minimum absolute atomic E-state index is 0.0699. The zero-order valence-corrected chi connectivity index (χ0v) is 15.2. The molecule has 23 heavy (non-hydrogen) atoms. The molecule has 0 unspecified atom stereocenters.